The van der Waals surface area contributed by atoms with Crippen LogP contribution in [0.5, 0.6) is 0 Å². The highest BCUT2D eigenvalue weighted by Crippen LogP contribution is 2.14. The summed E-state index contributed by atoms with van der Waals surface area (Å²) < 4.78 is 5.24. The van der Waals surface area contributed by atoms with E-state index in [0.717, 1.165) is 13.1 Å². The van der Waals surface area contributed by atoms with Crippen molar-refractivity contribution in [2.45, 2.75) is 6.10 Å². The van der Waals surface area contributed by atoms with Crippen molar-refractivity contribution in [3.63, 3.8) is 0 Å². The Labute approximate surface area is 129 Å². The fourth-order valence-corrected chi connectivity index (χ4v) is 2.29. The third-order valence-electron chi connectivity index (χ3n) is 3.15. The van der Waals surface area contributed by atoms with E-state index in [9.17, 15) is 9.90 Å². The van der Waals surface area contributed by atoms with Crippen molar-refractivity contribution < 1.29 is 14.6 Å². The molecule has 1 aromatic rings. The van der Waals surface area contributed by atoms with Gasteiger partial charge in [-0.15, -0.1) is 0 Å². The second-order valence-electron chi connectivity index (χ2n) is 4.91. The van der Waals surface area contributed by atoms with Crippen LogP contribution in [-0.2, 0) is 4.74 Å². The van der Waals surface area contributed by atoms with Gasteiger partial charge in [-0.25, -0.2) is 4.79 Å². The van der Waals surface area contributed by atoms with E-state index < -0.39 is 6.10 Å². The summed E-state index contributed by atoms with van der Waals surface area (Å²) in [5.41, 5.74) is 0.614. The number of hydrogen-bond acceptors (Lipinski definition) is 4. The second kappa shape index (κ2) is 8.19. The number of amides is 2. The van der Waals surface area contributed by atoms with E-state index in [4.69, 9.17) is 16.3 Å². The van der Waals surface area contributed by atoms with E-state index >= 15 is 0 Å². The van der Waals surface area contributed by atoms with Gasteiger partial charge in [0.2, 0.25) is 0 Å². The lowest BCUT2D eigenvalue weighted by molar-refractivity contribution is 0.0154. The lowest BCUT2D eigenvalue weighted by Gasteiger charge is -2.28. The maximum absolute atomic E-state index is 11.7. The van der Waals surface area contributed by atoms with Gasteiger partial charge in [-0.05, 0) is 18.2 Å². The van der Waals surface area contributed by atoms with Crippen LogP contribution in [-0.4, -0.2) is 61.5 Å². The van der Waals surface area contributed by atoms with Crippen molar-refractivity contribution in [3.8, 4) is 0 Å². The summed E-state index contributed by atoms with van der Waals surface area (Å²) in [5.74, 6) is 0. The summed E-state index contributed by atoms with van der Waals surface area (Å²) in [4.78, 5) is 13.8. The quantitative estimate of drug-likeness (QED) is 0.762. The first-order valence-corrected chi connectivity index (χ1v) is 7.30. The van der Waals surface area contributed by atoms with Crippen LogP contribution < -0.4 is 10.6 Å². The number of benzene rings is 1. The van der Waals surface area contributed by atoms with Gasteiger partial charge in [-0.1, -0.05) is 17.7 Å². The molecular formula is C14H20ClN3O3. The summed E-state index contributed by atoms with van der Waals surface area (Å²) in [5, 5.41) is 15.8. The maximum atomic E-state index is 11.7. The molecule has 1 aliphatic heterocycles. The number of anilines is 1. The normalized spacial score (nSPS) is 17.2. The molecule has 1 saturated heterocycles. The van der Waals surface area contributed by atoms with Gasteiger partial charge in [0.25, 0.3) is 0 Å². The minimum atomic E-state index is -0.604. The van der Waals surface area contributed by atoms with Crippen LogP contribution in [0.2, 0.25) is 5.02 Å². The summed E-state index contributed by atoms with van der Waals surface area (Å²) in [7, 11) is 0. The molecule has 116 valence electrons. The molecule has 1 fully saturated rings. The predicted octanol–water partition coefficient (Wildman–Crippen LogP) is 1.15. The van der Waals surface area contributed by atoms with Gasteiger partial charge in [0.15, 0.2) is 0 Å². The summed E-state index contributed by atoms with van der Waals surface area (Å²) in [6.45, 7) is 3.73. The first kappa shape index (κ1) is 16.0. The maximum Gasteiger partial charge on any atom is 0.319 e. The predicted molar refractivity (Wildman–Crippen MR) is 81.7 cm³/mol. The zero-order valence-corrected chi connectivity index (χ0v) is 12.5. The van der Waals surface area contributed by atoms with Crippen LogP contribution in [0.25, 0.3) is 0 Å². The smallest absolute Gasteiger partial charge is 0.319 e. The van der Waals surface area contributed by atoms with Crippen molar-refractivity contribution in [1.29, 1.82) is 0 Å². The zero-order valence-electron chi connectivity index (χ0n) is 11.7. The fourth-order valence-electron chi connectivity index (χ4n) is 2.10. The highest BCUT2D eigenvalue weighted by Gasteiger charge is 2.15. The number of aliphatic hydroxyl groups excluding tert-OH is 1. The Kier molecular flexibility index (Phi) is 6.25. The fraction of sp³-hybridized carbons (Fsp3) is 0.500. The number of halogens is 1. The van der Waals surface area contributed by atoms with Gasteiger partial charge in [0.05, 0.1) is 19.3 Å². The van der Waals surface area contributed by atoms with E-state index in [1.165, 1.54) is 0 Å². The number of rotatable bonds is 5. The molecule has 1 heterocycles. The third-order valence-corrected chi connectivity index (χ3v) is 3.39. The molecule has 1 aliphatic rings. The number of nitrogens with zero attached hydrogens (tertiary/aromatic N) is 1. The Morgan fingerprint density at radius 2 is 2.19 bits per heavy atom. The molecule has 7 heteroatoms. The molecule has 0 radical (unpaired) electrons. The van der Waals surface area contributed by atoms with Gasteiger partial charge in [-0.2, -0.15) is 0 Å². The van der Waals surface area contributed by atoms with Crippen LogP contribution in [0.3, 0.4) is 0 Å². The monoisotopic (exact) mass is 313 g/mol. The van der Waals surface area contributed by atoms with Crippen LogP contribution in [0.1, 0.15) is 0 Å². The van der Waals surface area contributed by atoms with Crippen LogP contribution >= 0.6 is 11.6 Å². The van der Waals surface area contributed by atoms with Crippen LogP contribution in [0, 0.1) is 0 Å². The molecule has 6 nitrogen and oxygen atoms in total. The Morgan fingerprint density at radius 1 is 1.43 bits per heavy atom. The molecule has 1 unspecified atom stereocenters. The molecule has 21 heavy (non-hydrogen) atoms. The molecule has 2 amide bonds. The number of carbonyl (C=O) groups is 1. The molecule has 0 bridgehead atoms. The molecule has 1 aromatic carbocycles. The Bertz CT molecular complexity index is 467. The third kappa shape index (κ3) is 5.89. The SMILES string of the molecule is O=C(NCC(O)CN1CCOCC1)Nc1cccc(Cl)c1. The molecule has 0 saturated carbocycles. The Morgan fingerprint density at radius 3 is 2.90 bits per heavy atom. The summed E-state index contributed by atoms with van der Waals surface area (Å²) in [6.07, 6.45) is -0.604. The first-order valence-electron chi connectivity index (χ1n) is 6.92. The average Bonchev–Trinajstić information content (AvgIpc) is 2.46. The number of aliphatic hydroxyl groups is 1. The number of hydrogen-bond donors (Lipinski definition) is 3. The first-order chi connectivity index (χ1) is 10.1. The molecule has 1 atom stereocenters. The van der Waals surface area contributed by atoms with Gasteiger partial charge in [-0.3, -0.25) is 4.90 Å². The highest BCUT2D eigenvalue weighted by atomic mass is 35.5. The van der Waals surface area contributed by atoms with E-state index in [2.05, 4.69) is 15.5 Å². The van der Waals surface area contributed by atoms with Crippen molar-refractivity contribution in [2.24, 2.45) is 0 Å². The van der Waals surface area contributed by atoms with Crippen molar-refractivity contribution >= 4 is 23.3 Å². The number of ether oxygens (including phenoxy) is 1. The van der Waals surface area contributed by atoms with Gasteiger partial charge < -0.3 is 20.5 Å². The van der Waals surface area contributed by atoms with Gasteiger partial charge in [0, 0.05) is 36.9 Å². The molecule has 0 aliphatic carbocycles. The number of carbonyl (C=O) groups excluding carboxylic acids is 1. The van der Waals surface area contributed by atoms with E-state index in [-0.39, 0.29) is 12.6 Å². The lowest BCUT2D eigenvalue weighted by atomic mass is 10.3. The van der Waals surface area contributed by atoms with E-state index in [0.29, 0.717) is 30.5 Å². The number of urea groups is 1. The van der Waals surface area contributed by atoms with Gasteiger partial charge >= 0.3 is 6.03 Å². The van der Waals surface area contributed by atoms with E-state index in [1.807, 2.05) is 0 Å². The second-order valence-corrected chi connectivity index (χ2v) is 5.35. The molecule has 0 spiro atoms. The molecule has 3 N–H and O–H groups in total. The Hall–Kier alpha value is -1.34. The zero-order chi connectivity index (χ0) is 15.1. The summed E-state index contributed by atoms with van der Waals surface area (Å²) in [6, 6.07) is 6.53. The van der Waals surface area contributed by atoms with Crippen molar-refractivity contribution in [2.75, 3.05) is 44.7 Å². The number of nitrogens with one attached hydrogen (secondary N) is 2. The average molecular weight is 314 g/mol. The minimum absolute atomic E-state index is 0.198. The van der Waals surface area contributed by atoms with Crippen LogP contribution in [0.15, 0.2) is 24.3 Å². The highest BCUT2D eigenvalue weighted by molar-refractivity contribution is 6.30. The number of morpholine rings is 1. The van der Waals surface area contributed by atoms with Crippen LogP contribution in [0.4, 0.5) is 10.5 Å². The molecule has 0 aromatic heterocycles. The van der Waals surface area contributed by atoms with Gasteiger partial charge in [0.1, 0.15) is 0 Å². The largest absolute Gasteiger partial charge is 0.390 e. The van der Waals surface area contributed by atoms with Crippen molar-refractivity contribution in [1.82, 2.24) is 10.2 Å². The Balaban J connectivity index is 1.68. The lowest BCUT2D eigenvalue weighted by Crippen LogP contribution is -2.45. The summed E-state index contributed by atoms with van der Waals surface area (Å²) >= 11 is 5.84. The topological polar surface area (TPSA) is 73.8 Å². The number of β-amino-alcohol motifs (C(OH)–C–C–N with tert-alkyl or cyclic N) is 1. The molecular weight excluding hydrogens is 294 g/mol. The van der Waals surface area contributed by atoms with Crippen molar-refractivity contribution in [3.05, 3.63) is 29.3 Å². The minimum Gasteiger partial charge on any atom is -0.390 e. The standard InChI is InChI=1S/C14H20ClN3O3/c15-11-2-1-3-12(8-11)17-14(20)16-9-13(19)10-18-4-6-21-7-5-18/h1-3,8,13,19H,4-7,9-10H2,(H2,16,17,20). The molecule has 2 rings (SSSR count). The van der Waals surface area contributed by atoms with E-state index in [1.54, 1.807) is 24.3 Å².